The Morgan fingerprint density at radius 3 is 2.32 bits per heavy atom. The zero-order chi connectivity index (χ0) is 15.2. The molecule has 4 heteroatoms. The van der Waals surface area contributed by atoms with Crippen LogP contribution in [0.3, 0.4) is 0 Å². The van der Waals surface area contributed by atoms with Gasteiger partial charge in [0.15, 0.2) is 0 Å². The molecule has 19 heavy (non-hydrogen) atoms. The molecule has 0 unspecified atom stereocenters. The predicted molar refractivity (Wildman–Crippen MR) is 78.0 cm³/mol. The van der Waals surface area contributed by atoms with Crippen molar-refractivity contribution in [2.75, 3.05) is 0 Å². The fourth-order valence-electron chi connectivity index (χ4n) is 1.73. The number of amides is 1. The van der Waals surface area contributed by atoms with E-state index in [1.807, 2.05) is 41.5 Å². The SMILES string of the molecule is C=C[C@H](C)[C@H](O)[C@@H](NC(=O)OC(C)(C)C)[C@@H](C)CC. The molecule has 0 fully saturated rings. The van der Waals surface area contributed by atoms with Gasteiger partial charge < -0.3 is 15.2 Å². The highest BCUT2D eigenvalue weighted by Gasteiger charge is 2.30. The Morgan fingerprint density at radius 1 is 1.42 bits per heavy atom. The van der Waals surface area contributed by atoms with Gasteiger partial charge in [-0.2, -0.15) is 0 Å². The lowest BCUT2D eigenvalue weighted by atomic mass is 9.88. The quantitative estimate of drug-likeness (QED) is 0.730. The number of ether oxygens (including phenoxy) is 1. The molecule has 0 radical (unpaired) electrons. The van der Waals surface area contributed by atoms with Crippen LogP contribution in [0.4, 0.5) is 4.79 Å². The third kappa shape index (κ3) is 6.62. The number of hydrogen-bond donors (Lipinski definition) is 2. The lowest BCUT2D eigenvalue weighted by molar-refractivity contribution is 0.0298. The average Bonchev–Trinajstić information content (AvgIpc) is 2.30. The summed E-state index contributed by atoms with van der Waals surface area (Å²) in [6, 6.07) is -0.340. The number of rotatable bonds is 6. The summed E-state index contributed by atoms with van der Waals surface area (Å²) in [6.45, 7) is 15.0. The van der Waals surface area contributed by atoms with E-state index in [9.17, 15) is 9.90 Å². The van der Waals surface area contributed by atoms with Gasteiger partial charge in [-0.05, 0) is 26.7 Å². The van der Waals surface area contributed by atoms with Gasteiger partial charge in [-0.3, -0.25) is 0 Å². The second-order valence-corrected chi connectivity index (χ2v) is 6.14. The number of nitrogens with one attached hydrogen (secondary N) is 1. The molecule has 0 aliphatic heterocycles. The largest absolute Gasteiger partial charge is 0.444 e. The van der Waals surface area contributed by atoms with Crippen LogP contribution in [-0.4, -0.2) is 28.9 Å². The first-order valence-electron chi connectivity index (χ1n) is 6.92. The van der Waals surface area contributed by atoms with Crippen molar-refractivity contribution < 1.29 is 14.6 Å². The minimum atomic E-state index is -0.667. The second kappa shape index (κ2) is 7.53. The summed E-state index contributed by atoms with van der Waals surface area (Å²) >= 11 is 0. The molecule has 0 aromatic carbocycles. The van der Waals surface area contributed by atoms with Crippen molar-refractivity contribution in [3.8, 4) is 0 Å². The molecular weight excluding hydrogens is 242 g/mol. The van der Waals surface area contributed by atoms with E-state index < -0.39 is 17.8 Å². The van der Waals surface area contributed by atoms with E-state index in [0.29, 0.717) is 0 Å². The van der Waals surface area contributed by atoms with E-state index in [4.69, 9.17) is 4.74 Å². The summed E-state index contributed by atoms with van der Waals surface area (Å²) in [5.74, 6) is 0.0684. The lowest BCUT2D eigenvalue weighted by Crippen LogP contribution is -2.50. The fourth-order valence-corrected chi connectivity index (χ4v) is 1.73. The normalized spacial score (nSPS) is 18.1. The number of aliphatic hydroxyl groups is 1. The van der Waals surface area contributed by atoms with Crippen molar-refractivity contribution in [3.63, 3.8) is 0 Å². The summed E-state index contributed by atoms with van der Waals surface area (Å²) in [6.07, 6.45) is 1.39. The Balaban J connectivity index is 4.78. The Kier molecular flexibility index (Phi) is 7.12. The molecule has 4 nitrogen and oxygen atoms in total. The molecule has 0 aromatic heterocycles. The highest BCUT2D eigenvalue weighted by Crippen LogP contribution is 2.18. The Hall–Kier alpha value is -1.03. The molecule has 0 bridgehead atoms. The maximum Gasteiger partial charge on any atom is 0.407 e. The maximum absolute atomic E-state index is 11.8. The minimum absolute atomic E-state index is 0.0889. The second-order valence-electron chi connectivity index (χ2n) is 6.14. The molecular formula is C15H29NO3. The van der Waals surface area contributed by atoms with Crippen molar-refractivity contribution in [1.29, 1.82) is 0 Å². The fraction of sp³-hybridized carbons (Fsp3) is 0.800. The third-order valence-electron chi connectivity index (χ3n) is 3.22. The standard InChI is InChI=1S/C15H29NO3/c1-8-10(3)12(13(17)11(4)9-2)16-14(18)19-15(5,6)7/h9-13,17H,2,8H2,1,3-7H3,(H,16,18)/t10-,11-,12-,13-/m0/s1. The van der Waals surface area contributed by atoms with Crippen LogP contribution in [0.1, 0.15) is 48.0 Å². The van der Waals surface area contributed by atoms with E-state index in [1.54, 1.807) is 6.08 Å². The Bertz CT molecular complexity index is 296. The molecule has 0 saturated carbocycles. The molecule has 0 aliphatic rings. The van der Waals surface area contributed by atoms with Gasteiger partial charge in [-0.15, -0.1) is 6.58 Å². The first-order valence-corrected chi connectivity index (χ1v) is 6.92. The van der Waals surface area contributed by atoms with Gasteiger partial charge >= 0.3 is 6.09 Å². The molecule has 4 atom stereocenters. The molecule has 0 heterocycles. The van der Waals surface area contributed by atoms with Gasteiger partial charge in [0.25, 0.3) is 0 Å². The number of hydrogen-bond acceptors (Lipinski definition) is 3. The summed E-state index contributed by atoms with van der Waals surface area (Å²) in [5.41, 5.74) is -0.543. The highest BCUT2D eigenvalue weighted by molar-refractivity contribution is 5.68. The third-order valence-corrected chi connectivity index (χ3v) is 3.22. The van der Waals surface area contributed by atoms with E-state index >= 15 is 0 Å². The van der Waals surface area contributed by atoms with Crippen molar-refractivity contribution >= 4 is 6.09 Å². The first-order chi connectivity index (χ1) is 8.62. The van der Waals surface area contributed by atoms with E-state index in [0.717, 1.165) is 6.42 Å². The van der Waals surface area contributed by atoms with Crippen molar-refractivity contribution in [2.24, 2.45) is 11.8 Å². The smallest absolute Gasteiger partial charge is 0.407 e. The summed E-state index contributed by atoms with van der Waals surface area (Å²) in [7, 11) is 0. The lowest BCUT2D eigenvalue weighted by Gasteiger charge is -2.32. The van der Waals surface area contributed by atoms with Gasteiger partial charge in [-0.25, -0.2) is 4.79 Å². The maximum atomic E-state index is 11.8. The summed E-state index contributed by atoms with van der Waals surface area (Å²) in [4.78, 5) is 11.8. The van der Waals surface area contributed by atoms with Gasteiger partial charge in [0, 0.05) is 5.92 Å². The highest BCUT2D eigenvalue weighted by atomic mass is 16.6. The minimum Gasteiger partial charge on any atom is -0.444 e. The number of carbonyl (C=O) groups excluding carboxylic acids is 1. The molecule has 0 aliphatic carbocycles. The van der Waals surface area contributed by atoms with Crippen LogP contribution in [0, 0.1) is 11.8 Å². The number of carbonyl (C=O) groups is 1. The van der Waals surface area contributed by atoms with Gasteiger partial charge in [0.2, 0.25) is 0 Å². The molecule has 0 aromatic rings. The van der Waals surface area contributed by atoms with Crippen LogP contribution in [0.5, 0.6) is 0 Å². The van der Waals surface area contributed by atoms with Gasteiger partial charge in [-0.1, -0.05) is 33.3 Å². The van der Waals surface area contributed by atoms with Gasteiger partial charge in [0.1, 0.15) is 5.60 Å². The monoisotopic (exact) mass is 271 g/mol. The summed E-state index contributed by atoms with van der Waals surface area (Å²) in [5, 5.41) is 13.1. The first kappa shape index (κ1) is 18.0. The number of aliphatic hydroxyl groups excluding tert-OH is 1. The average molecular weight is 271 g/mol. The van der Waals surface area contributed by atoms with E-state index in [2.05, 4.69) is 11.9 Å². The molecule has 2 N–H and O–H groups in total. The Morgan fingerprint density at radius 2 is 1.95 bits per heavy atom. The van der Waals surface area contributed by atoms with E-state index in [-0.39, 0.29) is 17.9 Å². The molecule has 1 amide bonds. The molecule has 0 rings (SSSR count). The van der Waals surface area contributed by atoms with Crippen LogP contribution in [0.15, 0.2) is 12.7 Å². The van der Waals surface area contributed by atoms with Crippen molar-refractivity contribution in [3.05, 3.63) is 12.7 Å². The number of alkyl carbamates (subject to hydrolysis) is 1. The van der Waals surface area contributed by atoms with Crippen molar-refractivity contribution in [1.82, 2.24) is 5.32 Å². The van der Waals surface area contributed by atoms with Crippen LogP contribution in [0.2, 0.25) is 0 Å². The van der Waals surface area contributed by atoms with Crippen LogP contribution < -0.4 is 5.32 Å². The van der Waals surface area contributed by atoms with Crippen molar-refractivity contribution in [2.45, 2.75) is 65.7 Å². The molecule has 0 saturated heterocycles. The zero-order valence-corrected chi connectivity index (χ0v) is 13.1. The van der Waals surface area contributed by atoms with Crippen LogP contribution in [0.25, 0.3) is 0 Å². The predicted octanol–water partition coefficient (Wildman–Crippen LogP) is 3.11. The molecule has 112 valence electrons. The van der Waals surface area contributed by atoms with E-state index in [1.165, 1.54) is 0 Å². The molecule has 0 spiro atoms. The van der Waals surface area contributed by atoms with Gasteiger partial charge in [0.05, 0.1) is 12.1 Å². The van der Waals surface area contributed by atoms with Crippen LogP contribution in [-0.2, 0) is 4.74 Å². The zero-order valence-electron chi connectivity index (χ0n) is 13.1. The Labute approximate surface area is 117 Å². The summed E-state index contributed by atoms with van der Waals surface area (Å²) < 4.78 is 5.24. The van der Waals surface area contributed by atoms with Crippen LogP contribution >= 0.6 is 0 Å². The topological polar surface area (TPSA) is 58.6 Å².